The Balaban J connectivity index is 2.41. The molecule has 3 rings (SSSR count). The van der Waals surface area contributed by atoms with E-state index < -0.39 is 0 Å². The van der Waals surface area contributed by atoms with Gasteiger partial charge in [0.05, 0.1) is 10.9 Å². The van der Waals surface area contributed by atoms with Crippen molar-refractivity contribution < 1.29 is 0 Å². The molecule has 3 heteroatoms. The molecule has 0 radical (unpaired) electrons. The largest absolute Gasteiger partial charge is 0.398 e. The van der Waals surface area contributed by atoms with E-state index in [4.69, 9.17) is 5.73 Å². The molecule has 2 N–H and O–H groups in total. The molecule has 3 aromatic rings. The van der Waals surface area contributed by atoms with E-state index in [1.54, 1.807) is 0 Å². The number of nitrogens with two attached hydrogens (primary N) is 1. The van der Waals surface area contributed by atoms with Crippen molar-refractivity contribution in [3.05, 3.63) is 48.0 Å². The average Bonchev–Trinajstić information content (AvgIpc) is 2.69. The Hall–Kier alpha value is -2.29. The van der Waals surface area contributed by atoms with Crippen LogP contribution in [0.2, 0.25) is 0 Å². The number of fused-ring (bicyclic) bond motifs is 1. The molecular formula is C15H15N3. The van der Waals surface area contributed by atoms with Crippen LogP contribution in [0.15, 0.2) is 42.5 Å². The Bertz CT molecular complexity index is 726. The van der Waals surface area contributed by atoms with Crippen molar-refractivity contribution in [2.45, 2.75) is 6.92 Å². The van der Waals surface area contributed by atoms with Crippen molar-refractivity contribution in [3.8, 4) is 11.3 Å². The highest BCUT2D eigenvalue weighted by molar-refractivity contribution is 6.01. The summed E-state index contributed by atoms with van der Waals surface area (Å²) in [7, 11) is 1.95. The van der Waals surface area contributed by atoms with E-state index >= 15 is 0 Å². The van der Waals surface area contributed by atoms with Crippen LogP contribution in [-0.4, -0.2) is 9.78 Å². The first kappa shape index (κ1) is 10.8. The van der Waals surface area contributed by atoms with Gasteiger partial charge in [0.1, 0.15) is 5.69 Å². The van der Waals surface area contributed by atoms with E-state index in [9.17, 15) is 0 Å². The fourth-order valence-electron chi connectivity index (χ4n) is 2.37. The SMILES string of the molecule is Cc1ccccc1-c1nn(C)c2cccc(N)c12. The van der Waals surface area contributed by atoms with Gasteiger partial charge in [0.25, 0.3) is 0 Å². The van der Waals surface area contributed by atoms with Gasteiger partial charge >= 0.3 is 0 Å². The van der Waals surface area contributed by atoms with Gasteiger partial charge in [0.2, 0.25) is 0 Å². The smallest absolute Gasteiger partial charge is 0.102 e. The van der Waals surface area contributed by atoms with Crippen molar-refractivity contribution in [2.24, 2.45) is 7.05 Å². The van der Waals surface area contributed by atoms with Crippen LogP contribution in [0.1, 0.15) is 5.56 Å². The number of rotatable bonds is 1. The molecule has 18 heavy (non-hydrogen) atoms. The highest BCUT2D eigenvalue weighted by Crippen LogP contribution is 2.33. The van der Waals surface area contributed by atoms with Crippen LogP contribution in [0.3, 0.4) is 0 Å². The Labute approximate surface area is 106 Å². The minimum atomic E-state index is 0.777. The maximum atomic E-state index is 6.10. The molecule has 0 unspecified atom stereocenters. The van der Waals surface area contributed by atoms with Crippen LogP contribution in [0.5, 0.6) is 0 Å². The summed E-state index contributed by atoms with van der Waals surface area (Å²) in [5, 5.41) is 5.65. The maximum absolute atomic E-state index is 6.10. The molecule has 0 amide bonds. The molecule has 0 aliphatic heterocycles. The van der Waals surface area contributed by atoms with Crippen molar-refractivity contribution >= 4 is 16.6 Å². The number of hydrogen-bond donors (Lipinski definition) is 1. The van der Waals surface area contributed by atoms with Gasteiger partial charge in [-0.25, -0.2) is 0 Å². The lowest BCUT2D eigenvalue weighted by Gasteiger charge is -2.03. The first-order valence-corrected chi connectivity index (χ1v) is 5.95. The van der Waals surface area contributed by atoms with Gasteiger partial charge in [-0.3, -0.25) is 4.68 Å². The van der Waals surface area contributed by atoms with Gasteiger partial charge in [-0.2, -0.15) is 5.10 Å². The van der Waals surface area contributed by atoms with E-state index in [0.29, 0.717) is 0 Å². The van der Waals surface area contributed by atoms with Gasteiger partial charge in [-0.15, -0.1) is 0 Å². The Morgan fingerprint density at radius 2 is 1.83 bits per heavy atom. The van der Waals surface area contributed by atoms with E-state index in [1.165, 1.54) is 5.56 Å². The maximum Gasteiger partial charge on any atom is 0.102 e. The van der Waals surface area contributed by atoms with Crippen LogP contribution in [0, 0.1) is 6.92 Å². The highest BCUT2D eigenvalue weighted by atomic mass is 15.3. The first-order valence-electron chi connectivity index (χ1n) is 5.95. The zero-order chi connectivity index (χ0) is 12.7. The average molecular weight is 237 g/mol. The zero-order valence-electron chi connectivity index (χ0n) is 10.5. The van der Waals surface area contributed by atoms with Gasteiger partial charge in [0, 0.05) is 18.3 Å². The molecule has 0 aliphatic carbocycles. The number of nitrogens with zero attached hydrogens (tertiary/aromatic N) is 2. The summed E-state index contributed by atoms with van der Waals surface area (Å²) in [4.78, 5) is 0. The lowest BCUT2D eigenvalue weighted by atomic mass is 10.0. The number of aryl methyl sites for hydroxylation is 2. The minimum Gasteiger partial charge on any atom is -0.398 e. The molecule has 0 spiro atoms. The quantitative estimate of drug-likeness (QED) is 0.661. The van der Waals surface area contributed by atoms with Crippen LogP contribution in [0.25, 0.3) is 22.2 Å². The summed E-state index contributed by atoms with van der Waals surface area (Å²) in [6.07, 6.45) is 0. The summed E-state index contributed by atoms with van der Waals surface area (Å²) in [5.41, 5.74) is 11.3. The Morgan fingerprint density at radius 3 is 2.61 bits per heavy atom. The predicted octanol–water partition coefficient (Wildman–Crippen LogP) is 3.13. The summed E-state index contributed by atoms with van der Waals surface area (Å²) >= 11 is 0. The number of hydrogen-bond acceptors (Lipinski definition) is 2. The lowest BCUT2D eigenvalue weighted by molar-refractivity contribution is 0.800. The minimum absolute atomic E-state index is 0.777. The molecule has 90 valence electrons. The van der Waals surface area contributed by atoms with Crippen LogP contribution < -0.4 is 5.73 Å². The van der Waals surface area contributed by atoms with Gasteiger partial charge in [0.15, 0.2) is 0 Å². The van der Waals surface area contributed by atoms with E-state index in [1.807, 2.05) is 42.1 Å². The Morgan fingerprint density at radius 1 is 1.06 bits per heavy atom. The molecule has 1 heterocycles. The topological polar surface area (TPSA) is 43.8 Å². The first-order chi connectivity index (χ1) is 8.68. The number of benzene rings is 2. The van der Waals surface area contributed by atoms with Crippen molar-refractivity contribution in [2.75, 3.05) is 5.73 Å². The van der Waals surface area contributed by atoms with E-state index in [-0.39, 0.29) is 0 Å². The second-order valence-corrected chi connectivity index (χ2v) is 4.53. The standard InChI is InChI=1S/C15H15N3/c1-10-6-3-4-7-11(10)15-14-12(16)8-5-9-13(14)18(2)17-15/h3-9H,16H2,1-2H3. The molecule has 0 bridgehead atoms. The van der Waals surface area contributed by atoms with Crippen molar-refractivity contribution in [3.63, 3.8) is 0 Å². The molecule has 0 fully saturated rings. The third-order valence-electron chi connectivity index (χ3n) is 3.31. The number of aromatic nitrogens is 2. The summed E-state index contributed by atoms with van der Waals surface area (Å²) in [6, 6.07) is 14.2. The lowest BCUT2D eigenvalue weighted by Crippen LogP contribution is -1.90. The predicted molar refractivity (Wildman–Crippen MR) is 75.3 cm³/mol. The third-order valence-corrected chi connectivity index (χ3v) is 3.31. The zero-order valence-corrected chi connectivity index (χ0v) is 10.5. The van der Waals surface area contributed by atoms with E-state index in [0.717, 1.165) is 27.8 Å². The van der Waals surface area contributed by atoms with Crippen LogP contribution >= 0.6 is 0 Å². The molecule has 1 aromatic heterocycles. The fourth-order valence-corrected chi connectivity index (χ4v) is 2.37. The molecule has 0 saturated heterocycles. The third kappa shape index (κ3) is 1.48. The number of anilines is 1. The second-order valence-electron chi connectivity index (χ2n) is 4.53. The Kier molecular flexibility index (Phi) is 2.33. The van der Waals surface area contributed by atoms with Crippen molar-refractivity contribution in [1.29, 1.82) is 0 Å². The second kappa shape index (κ2) is 3.88. The van der Waals surface area contributed by atoms with Crippen molar-refractivity contribution in [1.82, 2.24) is 9.78 Å². The summed E-state index contributed by atoms with van der Waals surface area (Å²) in [6.45, 7) is 2.09. The fraction of sp³-hybridized carbons (Fsp3) is 0.133. The molecular weight excluding hydrogens is 222 g/mol. The normalized spacial score (nSPS) is 11.0. The van der Waals surface area contributed by atoms with Gasteiger partial charge in [-0.05, 0) is 24.6 Å². The highest BCUT2D eigenvalue weighted by Gasteiger charge is 2.13. The van der Waals surface area contributed by atoms with Crippen LogP contribution in [0.4, 0.5) is 5.69 Å². The molecule has 0 saturated carbocycles. The van der Waals surface area contributed by atoms with Gasteiger partial charge in [-0.1, -0.05) is 30.3 Å². The monoisotopic (exact) mass is 237 g/mol. The molecule has 0 aliphatic rings. The van der Waals surface area contributed by atoms with Gasteiger partial charge < -0.3 is 5.73 Å². The molecule has 2 aromatic carbocycles. The number of nitrogen functional groups attached to an aromatic ring is 1. The van der Waals surface area contributed by atoms with Crippen LogP contribution in [-0.2, 0) is 7.05 Å². The summed E-state index contributed by atoms with van der Waals surface area (Å²) in [5.74, 6) is 0. The summed E-state index contributed by atoms with van der Waals surface area (Å²) < 4.78 is 1.88. The molecule has 3 nitrogen and oxygen atoms in total. The van der Waals surface area contributed by atoms with E-state index in [2.05, 4.69) is 24.2 Å². The molecule has 0 atom stereocenters.